The van der Waals surface area contributed by atoms with Crippen LogP contribution in [0.25, 0.3) is 0 Å². The quantitative estimate of drug-likeness (QED) is 0.803. The number of hydrogen-bond acceptors (Lipinski definition) is 4. The molecule has 0 radical (unpaired) electrons. The summed E-state index contributed by atoms with van der Waals surface area (Å²) in [5.74, 6) is -0.487. The van der Waals surface area contributed by atoms with Gasteiger partial charge in [-0.05, 0) is 43.5 Å². The van der Waals surface area contributed by atoms with Gasteiger partial charge in [-0.3, -0.25) is 9.59 Å². The first-order valence-corrected chi connectivity index (χ1v) is 10.8. The first-order chi connectivity index (χ1) is 13.3. The zero-order valence-electron chi connectivity index (χ0n) is 15.6. The Morgan fingerprint density at radius 3 is 2.64 bits per heavy atom. The van der Waals surface area contributed by atoms with Crippen LogP contribution >= 0.6 is 0 Å². The van der Waals surface area contributed by atoms with E-state index in [4.69, 9.17) is 0 Å². The van der Waals surface area contributed by atoms with Gasteiger partial charge in [-0.1, -0.05) is 29.8 Å². The smallest absolute Gasteiger partial charge is 0.243 e. The zero-order chi connectivity index (χ0) is 19.9. The molecule has 2 aromatic carbocycles. The lowest BCUT2D eigenvalue weighted by Crippen LogP contribution is -2.42. The van der Waals surface area contributed by atoms with E-state index in [2.05, 4.69) is 5.32 Å². The molecule has 1 atom stereocenters. The van der Waals surface area contributed by atoms with Gasteiger partial charge < -0.3 is 5.32 Å². The Hall–Kier alpha value is -2.51. The summed E-state index contributed by atoms with van der Waals surface area (Å²) in [6.07, 6.45) is 1.51. The molecule has 0 aliphatic carbocycles. The standard InChI is InChI=1S/C21H22N2O4S/c1-14-4-6-15(7-5-14)21(25)16-3-2-10-23(13-16)28(26,27)18-8-9-19-17(11-18)12-20(24)22-19/h4-9,11,16H,2-3,10,12-13H2,1H3,(H,22,24). The Kier molecular flexibility index (Phi) is 4.81. The maximum atomic E-state index is 13.1. The molecule has 1 fully saturated rings. The van der Waals surface area contributed by atoms with Crippen LogP contribution in [0, 0.1) is 12.8 Å². The highest BCUT2D eigenvalue weighted by molar-refractivity contribution is 7.89. The number of ketones is 1. The zero-order valence-corrected chi connectivity index (χ0v) is 16.5. The Balaban J connectivity index is 1.55. The molecule has 1 saturated heterocycles. The van der Waals surface area contributed by atoms with Crippen LogP contribution in [-0.4, -0.2) is 37.5 Å². The molecule has 0 saturated carbocycles. The number of nitrogens with zero attached hydrogens (tertiary/aromatic N) is 1. The van der Waals surface area contributed by atoms with E-state index in [0.29, 0.717) is 36.2 Å². The Morgan fingerprint density at radius 2 is 1.89 bits per heavy atom. The van der Waals surface area contributed by atoms with Crippen LogP contribution in [0.5, 0.6) is 0 Å². The van der Waals surface area contributed by atoms with Crippen LogP contribution < -0.4 is 5.32 Å². The van der Waals surface area contributed by atoms with Crippen molar-refractivity contribution in [1.82, 2.24) is 4.31 Å². The van der Waals surface area contributed by atoms with Crippen molar-refractivity contribution in [2.75, 3.05) is 18.4 Å². The fraction of sp³-hybridized carbons (Fsp3) is 0.333. The van der Waals surface area contributed by atoms with Crippen LogP contribution in [0.1, 0.15) is 34.3 Å². The molecule has 146 valence electrons. The van der Waals surface area contributed by atoms with Crippen LogP contribution in [0.2, 0.25) is 0 Å². The van der Waals surface area contributed by atoms with Gasteiger partial charge in [0.2, 0.25) is 15.9 Å². The van der Waals surface area contributed by atoms with Crippen LogP contribution in [-0.2, 0) is 21.2 Å². The molecule has 1 unspecified atom stereocenters. The lowest BCUT2D eigenvalue weighted by atomic mass is 9.91. The van der Waals surface area contributed by atoms with Gasteiger partial charge in [-0.15, -0.1) is 0 Å². The summed E-state index contributed by atoms with van der Waals surface area (Å²) in [6.45, 7) is 2.54. The number of carbonyl (C=O) groups is 2. The fourth-order valence-corrected chi connectivity index (χ4v) is 5.42. The highest BCUT2D eigenvalue weighted by Gasteiger charge is 2.34. The number of hydrogen-bond donors (Lipinski definition) is 1. The normalized spacial score (nSPS) is 19.9. The lowest BCUT2D eigenvalue weighted by Gasteiger charge is -2.31. The van der Waals surface area contributed by atoms with E-state index in [1.165, 1.54) is 10.4 Å². The van der Waals surface area contributed by atoms with Gasteiger partial charge in [0.15, 0.2) is 5.78 Å². The van der Waals surface area contributed by atoms with Crippen molar-refractivity contribution in [2.45, 2.75) is 31.1 Å². The number of sulfonamides is 1. The molecule has 2 aliphatic rings. The Bertz CT molecular complexity index is 1040. The van der Waals surface area contributed by atoms with E-state index in [1.807, 2.05) is 19.1 Å². The molecule has 0 bridgehead atoms. The van der Waals surface area contributed by atoms with Gasteiger partial charge in [-0.25, -0.2) is 8.42 Å². The maximum Gasteiger partial charge on any atom is 0.243 e. The average Bonchev–Trinajstić information content (AvgIpc) is 3.07. The summed E-state index contributed by atoms with van der Waals surface area (Å²) in [5, 5.41) is 2.71. The largest absolute Gasteiger partial charge is 0.326 e. The SMILES string of the molecule is Cc1ccc(C(=O)C2CCCN(S(=O)(=O)c3ccc4c(c3)CC(=O)N4)C2)cc1. The van der Waals surface area contributed by atoms with Gasteiger partial charge in [0.25, 0.3) is 0 Å². The van der Waals surface area contributed by atoms with Gasteiger partial charge in [0.05, 0.1) is 11.3 Å². The second-order valence-corrected chi connectivity index (χ2v) is 9.41. The number of rotatable bonds is 4. The van der Waals surface area contributed by atoms with Crippen molar-refractivity contribution in [3.63, 3.8) is 0 Å². The van der Waals surface area contributed by atoms with Gasteiger partial charge >= 0.3 is 0 Å². The molecule has 0 spiro atoms. The number of nitrogens with one attached hydrogen (secondary N) is 1. The molecule has 2 aliphatic heterocycles. The predicted molar refractivity (Wildman–Crippen MR) is 106 cm³/mol. The first-order valence-electron chi connectivity index (χ1n) is 9.38. The third-order valence-corrected chi connectivity index (χ3v) is 7.29. The van der Waals surface area contributed by atoms with Crippen LogP contribution in [0.4, 0.5) is 5.69 Å². The van der Waals surface area contributed by atoms with Gasteiger partial charge in [0, 0.05) is 30.3 Å². The monoisotopic (exact) mass is 398 g/mol. The summed E-state index contributed by atoms with van der Waals surface area (Å²) in [5.41, 5.74) is 3.05. The molecule has 1 amide bonds. The maximum absolute atomic E-state index is 13.1. The summed E-state index contributed by atoms with van der Waals surface area (Å²) in [4.78, 5) is 24.5. The van der Waals surface area contributed by atoms with Crippen molar-refractivity contribution in [1.29, 1.82) is 0 Å². The molecule has 1 N–H and O–H groups in total. The third kappa shape index (κ3) is 3.47. The highest BCUT2D eigenvalue weighted by atomic mass is 32.2. The van der Waals surface area contributed by atoms with E-state index >= 15 is 0 Å². The number of amides is 1. The summed E-state index contributed by atoms with van der Waals surface area (Å²) in [6, 6.07) is 12.1. The van der Waals surface area contributed by atoms with Crippen LogP contribution in [0.3, 0.4) is 0 Å². The number of Topliss-reactive ketones (excluding diaryl/α,β-unsaturated/α-hetero) is 1. The van der Waals surface area contributed by atoms with E-state index in [9.17, 15) is 18.0 Å². The van der Waals surface area contributed by atoms with Crippen molar-refractivity contribution >= 4 is 27.4 Å². The molecule has 7 heteroatoms. The number of carbonyl (C=O) groups excluding carboxylic acids is 2. The summed E-state index contributed by atoms with van der Waals surface area (Å²) in [7, 11) is -3.71. The predicted octanol–water partition coefficient (Wildman–Crippen LogP) is 2.77. The summed E-state index contributed by atoms with van der Waals surface area (Å²) < 4.78 is 27.7. The molecule has 28 heavy (non-hydrogen) atoms. The molecule has 0 aromatic heterocycles. The molecule has 2 aromatic rings. The van der Waals surface area contributed by atoms with Crippen LogP contribution in [0.15, 0.2) is 47.4 Å². The van der Waals surface area contributed by atoms with E-state index in [-0.39, 0.29) is 35.5 Å². The average molecular weight is 398 g/mol. The van der Waals surface area contributed by atoms with E-state index in [0.717, 1.165) is 5.56 Å². The number of piperidine rings is 1. The second-order valence-electron chi connectivity index (χ2n) is 7.48. The number of aryl methyl sites for hydroxylation is 1. The van der Waals surface area contributed by atoms with Crippen molar-refractivity contribution in [3.8, 4) is 0 Å². The van der Waals surface area contributed by atoms with E-state index in [1.54, 1.807) is 24.3 Å². The molecular formula is C21H22N2O4S. The van der Waals surface area contributed by atoms with Crippen molar-refractivity contribution in [3.05, 3.63) is 59.2 Å². The van der Waals surface area contributed by atoms with E-state index < -0.39 is 10.0 Å². The molecule has 4 rings (SSSR count). The number of fused-ring (bicyclic) bond motifs is 1. The summed E-state index contributed by atoms with van der Waals surface area (Å²) >= 11 is 0. The Morgan fingerprint density at radius 1 is 1.14 bits per heavy atom. The second kappa shape index (κ2) is 7.14. The molecular weight excluding hydrogens is 376 g/mol. The minimum absolute atomic E-state index is 0.0105. The topological polar surface area (TPSA) is 83.6 Å². The third-order valence-electron chi connectivity index (χ3n) is 5.43. The van der Waals surface area contributed by atoms with Gasteiger partial charge in [-0.2, -0.15) is 4.31 Å². The Labute approximate surface area is 164 Å². The van der Waals surface area contributed by atoms with Crippen molar-refractivity contribution < 1.29 is 18.0 Å². The van der Waals surface area contributed by atoms with Gasteiger partial charge in [0.1, 0.15) is 0 Å². The molecule has 2 heterocycles. The highest BCUT2D eigenvalue weighted by Crippen LogP contribution is 2.30. The number of anilines is 1. The minimum Gasteiger partial charge on any atom is -0.326 e. The minimum atomic E-state index is -3.71. The fourth-order valence-electron chi connectivity index (χ4n) is 3.84. The first kappa shape index (κ1) is 18.8. The van der Waals surface area contributed by atoms with Crippen molar-refractivity contribution in [2.24, 2.45) is 5.92 Å². The number of benzene rings is 2. The molecule has 6 nitrogen and oxygen atoms in total. The lowest BCUT2D eigenvalue weighted by molar-refractivity contribution is -0.115.